The maximum Gasteiger partial charge on any atom is 0.318 e. The van der Waals surface area contributed by atoms with E-state index < -0.39 is 0 Å². The number of rotatable bonds is 5. The van der Waals surface area contributed by atoms with Gasteiger partial charge in [0, 0.05) is 31.7 Å². The first kappa shape index (κ1) is 17.4. The topological polar surface area (TPSA) is 72.3 Å². The minimum absolute atomic E-state index is 0.0346. The van der Waals surface area contributed by atoms with Crippen molar-refractivity contribution < 1.29 is 9.53 Å². The first-order valence-corrected chi connectivity index (χ1v) is 8.69. The number of nitrogens with zero attached hydrogens (tertiary/aromatic N) is 4. The molecule has 2 amide bonds. The minimum Gasteiger partial charge on any atom is -0.377 e. The Morgan fingerprint density at radius 3 is 3.00 bits per heavy atom. The number of ether oxygens (including phenoxy) is 1. The van der Waals surface area contributed by atoms with Crippen LogP contribution in [0.25, 0.3) is 5.82 Å². The number of morpholine rings is 1. The molecule has 0 saturated carbocycles. The fourth-order valence-electron chi connectivity index (χ4n) is 3.01. The lowest BCUT2D eigenvalue weighted by molar-refractivity contribution is 0.00551. The van der Waals surface area contributed by atoms with Crippen molar-refractivity contribution in [3.05, 3.63) is 42.6 Å². The third-order valence-electron chi connectivity index (χ3n) is 4.25. The van der Waals surface area contributed by atoms with Crippen molar-refractivity contribution in [3.8, 4) is 5.82 Å². The molecule has 25 heavy (non-hydrogen) atoms. The van der Waals surface area contributed by atoms with Crippen LogP contribution in [0.2, 0.25) is 0 Å². The molecule has 0 bridgehead atoms. The first-order chi connectivity index (χ1) is 12.1. The van der Waals surface area contributed by atoms with Crippen LogP contribution in [0.3, 0.4) is 0 Å². The summed E-state index contributed by atoms with van der Waals surface area (Å²) in [6, 6.07) is 4.00. The summed E-state index contributed by atoms with van der Waals surface area (Å²) in [7, 11) is 0. The molecule has 7 heteroatoms. The zero-order valence-corrected chi connectivity index (χ0v) is 14.8. The first-order valence-electron chi connectivity index (χ1n) is 8.69. The summed E-state index contributed by atoms with van der Waals surface area (Å²) >= 11 is 0. The standard InChI is InChI=1S/C18H25N5O2/c1-14(2)9-16-12-25-8-7-23(16)18(24)21-11-15-3-4-17(20-10-15)22-6-5-19-13-22/h3-6,10,13-14,16H,7-9,11-12H2,1-2H3,(H,21,24). The fourth-order valence-corrected chi connectivity index (χ4v) is 3.01. The van der Waals surface area contributed by atoms with E-state index in [0.717, 1.165) is 17.8 Å². The summed E-state index contributed by atoms with van der Waals surface area (Å²) in [6.07, 6.45) is 8.00. The summed E-state index contributed by atoms with van der Waals surface area (Å²) in [5.74, 6) is 1.33. The van der Waals surface area contributed by atoms with Crippen molar-refractivity contribution in [1.82, 2.24) is 24.8 Å². The van der Waals surface area contributed by atoms with Crippen molar-refractivity contribution in [2.24, 2.45) is 5.92 Å². The lowest BCUT2D eigenvalue weighted by Gasteiger charge is -2.36. The van der Waals surface area contributed by atoms with Crippen molar-refractivity contribution >= 4 is 6.03 Å². The summed E-state index contributed by atoms with van der Waals surface area (Å²) in [5.41, 5.74) is 0.964. The molecule has 1 N–H and O–H groups in total. The number of carbonyl (C=O) groups is 1. The van der Waals surface area contributed by atoms with Gasteiger partial charge in [-0.25, -0.2) is 14.8 Å². The Labute approximate surface area is 148 Å². The van der Waals surface area contributed by atoms with Crippen molar-refractivity contribution in [2.45, 2.75) is 32.9 Å². The van der Waals surface area contributed by atoms with Gasteiger partial charge in [0.1, 0.15) is 12.1 Å². The average molecular weight is 343 g/mol. The highest BCUT2D eigenvalue weighted by atomic mass is 16.5. The van der Waals surface area contributed by atoms with Gasteiger partial charge in [0.25, 0.3) is 0 Å². The molecule has 1 aliphatic rings. The quantitative estimate of drug-likeness (QED) is 0.903. The summed E-state index contributed by atoms with van der Waals surface area (Å²) in [6.45, 7) is 6.65. The van der Waals surface area contributed by atoms with Crippen LogP contribution in [0.15, 0.2) is 37.1 Å². The molecule has 3 rings (SSSR count). The molecule has 0 aliphatic carbocycles. The number of aromatic nitrogens is 3. The SMILES string of the molecule is CC(C)CC1COCCN1C(=O)NCc1ccc(-n2ccnc2)nc1. The van der Waals surface area contributed by atoms with E-state index in [2.05, 4.69) is 29.1 Å². The molecule has 1 atom stereocenters. The number of urea groups is 1. The summed E-state index contributed by atoms with van der Waals surface area (Å²) in [4.78, 5) is 22.9. The highest BCUT2D eigenvalue weighted by molar-refractivity contribution is 5.74. The second-order valence-electron chi connectivity index (χ2n) is 6.70. The normalized spacial score (nSPS) is 17.7. The molecule has 2 aromatic heterocycles. The number of imidazole rings is 1. The minimum atomic E-state index is -0.0346. The fraction of sp³-hybridized carbons (Fsp3) is 0.500. The Bertz CT molecular complexity index is 669. The Morgan fingerprint density at radius 2 is 2.32 bits per heavy atom. The Hall–Kier alpha value is -2.41. The Morgan fingerprint density at radius 1 is 1.44 bits per heavy atom. The monoisotopic (exact) mass is 343 g/mol. The Balaban J connectivity index is 1.56. The number of nitrogens with one attached hydrogen (secondary N) is 1. The van der Waals surface area contributed by atoms with Crippen LogP contribution in [0, 0.1) is 5.92 Å². The molecule has 7 nitrogen and oxygen atoms in total. The van der Waals surface area contributed by atoms with E-state index in [0.29, 0.717) is 32.2 Å². The Kier molecular flexibility index (Phi) is 5.65. The maximum atomic E-state index is 12.5. The van der Waals surface area contributed by atoms with Crippen molar-refractivity contribution in [3.63, 3.8) is 0 Å². The number of hydrogen-bond acceptors (Lipinski definition) is 4. The number of amides is 2. The lowest BCUT2D eigenvalue weighted by atomic mass is 10.0. The third-order valence-corrected chi connectivity index (χ3v) is 4.25. The zero-order chi connectivity index (χ0) is 17.6. The maximum absolute atomic E-state index is 12.5. The molecule has 1 aliphatic heterocycles. The molecule has 134 valence electrons. The van der Waals surface area contributed by atoms with Crippen LogP contribution in [-0.4, -0.2) is 51.3 Å². The molecule has 3 heterocycles. The molecule has 0 aromatic carbocycles. The predicted octanol–water partition coefficient (Wildman–Crippen LogP) is 2.22. The van der Waals surface area contributed by atoms with E-state index in [9.17, 15) is 4.79 Å². The second-order valence-corrected chi connectivity index (χ2v) is 6.70. The number of pyridine rings is 1. The van der Waals surface area contributed by atoms with Gasteiger partial charge in [-0.05, 0) is 24.0 Å². The smallest absolute Gasteiger partial charge is 0.318 e. The van der Waals surface area contributed by atoms with E-state index in [4.69, 9.17) is 4.74 Å². The zero-order valence-electron chi connectivity index (χ0n) is 14.8. The van der Waals surface area contributed by atoms with Crippen molar-refractivity contribution in [1.29, 1.82) is 0 Å². The highest BCUT2D eigenvalue weighted by Crippen LogP contribution is 2.16. The van der Waals surface area contributed by atoms with Gasteiger partial charge < -0.3 is 15.0 Å². The average Bonchev–Trinajstić information content (AvgIpc) is 3.15. The van der Waals surface area contributed by atoms with Gasteiger partial charge in [0.15, 0.2) is 0 Å². The van der Waals surface area contributed by atoms with Crippen LogP contribution in [-0.2, 0) is 11.3 Å². The lowest BCUT2D eigenvalue weighted by Crippen LogP contribution is -2.52. The van der Waals surface area contributed by atoms with E-state index in [1.165, 1.54) is 0 Å². The molecule has 1 unspecified atom stereocenters. The van der Waals surface area contributed by atoms with Gasteiger partial charge in [-0.2, -0.15) is 0 Å². The van der Waals surface area contributed by atoms with E-state index >= 15 is 0 Å². The van der Waals surface area contributed by atoms with Gasteiger partial charge in [-0.3, -0.25) is 4.57 Å². The largest absolute Gasteiger partial charge is 0.377 e. The molecule has 1 fully saturated rings. The van der Waals surface area contributed by atoms with Gasteiger partial charge in [0.05, 0.1) is 19.3 Å². The molecule has 2 aromatic rings. The summed E-state index contributed by atoms with van der Waals surface area (Å²) in [5, 5.41) is 3.00. The van der Waals surface area contributed by atoms with E-state index in [1.807, 2.05) is 27.8 Å². The van der Waals surface area contributed by atoms with Crippen molar-refractivity contribution in [2.75, 3.05) is 19.8 Å². The van der Waals surface area contributed by atoms with Crippen LogP contribution in [0.4, 0.5) is 4.79 Å². The van der Waals surface area contributed by atoms with Crippen LogP contribution in [0.5, 0.6) is 0 Å². The highest BCUT2D eigenvalue weighted by Gasteiger charge is 2.27. The van der Waals surface area contributed by atoms with Crippen LogP contribution in [0.1, 0.15) is 25.8 Å². The third kappa shape index (κ3) is 4.57. The molecule has 0 radical (unpaired) electrons. The summed E-state index contributed by atoms with van der Waals surface area (Å²) < 4.78 is 7.38. The van der Waals surface area contributed by atoms with Gasteiger partial charge in [-0.1, -0.05) is 19.9 Å². The molecular weight excluding hydrogens is 318 g/mol. The van der Waals surface area contributed by atoms with Crippen LogP contribution < -0.4 is 5.32 Å². The number of hydrogen-bond donors (Lipinski definition) is 1. The molecule has 1 saturated heterocycles. The molecular formula is C18H25N5O2. The van der Waals surface area contributed by atoms with Gasteiger partial charge in [0.2, 0.25) is 0 Å². The second kappa shape index (κ2) is 8.11. The van der Waals surface area contributed by atoms with Gasteiger partial charge >= 0.3 is 6.03 Å². The molecule has 0 spiro atoms. The van der Waals surface area contributed by atoms with Gasteiger partial charge in [-0.15, -0.1) is 0 Å². The van der Waals surface area contributed by atoms with Crippen LogP contribution >= 0.6 is 0 Å². The van der Waals surface area contributed by atoms with E-state index in [1.54, 1.807) is 18.7 Å². The number of carbonyl (C=O) groups excluding carboxylic acids is 1. The van der Waals surface area contributed by atoms with E-state index in [-0.39, 0.29) is 12.1 Å². The predicted molar refractivity (Wildman–Crippen MR) is 94.4 cm³/mol.